The zero-order chi connectivity index (χ0) is 17.6. The van der Waals surface area contributed by atoms with Crippen molar-refractivity contribution >= 4 is 11.7 Å². The third-order valence-electron chi connectivity index (χ3n) is 5.15. The molecule has 1 unspecified atom stereocenters. The Bertz CT molecular complexity index is 788. The summed E-state index contributed by atoms with van der Waals surface area (Å²) in [5, 5.41) is 8.60. The van der Waals surface area contributed by atoms with Crippen LogP contribution in [0.4, 0.5) is 5.82 Å². The van der Waals surface area contributed by atoms with Crippen LogP contribution < -0.4 is 5.32 Å². The maximum Gasteiger partial charge on any atom is 0.224 e. The summed E-state index contributed by atoms with van der Waals surface area (Å²) in [6.45, 7) is 7.49. The van der Waals surface area contributed by atoms with Crippen LogP contribution in [-0.4, -0.2) is 33.3 Å². The number of likely N-dealkylation sites (tertiary alicyclic amines) is 1. The molecule has 0 saturated carbocycles. The van der Waals surface area contributed by atoms with Gasteiger partial charge >= 0.3 is 0 Å². The van der Waals surface area contributed by atoms with E-state index in [0.717, 1.165) is 43.0 Å². The molecule has 5 nitrogen and oxygen atoms in total. The van der Waals surface area contributed by atoms with Gasteiger partial charge in [-0.1, -0.05) is 39.0 Å². The van der Waals surface area contributed by atoms with Crippen molar-refractivity contribution in [1.29, 1.82) is 0 Å². The Kier molecular flexibility index (Phi) is 3.82. The van der Waals surface area contributed by atoms with Crippen molar-refractivity contribution in [3.05, 3.63) is 41.6 Å². The van der Waals surface area contributed by atoms with Crippen LogP contribution in [0, 0.1) is 0 Å². The fraction of sp³-hybridized carbons (Fsp3) is 0.500. The third kappa shape index (κ3) is 2.81. The van der Waals surface area contributed by atoms with E-state index in [-0.39, 0.29) is 17.5 Å². The molecule has 2 aliphatic rings. The molecule has 1 aromatic carbocycles. The van der Waals surface area contributed by atoms with Crippen LogP contribution in [-0.2, 0) is 16.6 Å². The quantitative estimate of drug-likeness (QED) is 0.912. The average molecular weight is 338 g/mol. The van der Waals surface area contributed by atoms with E-state index < -0.39 is 0 Å². The highest BCUT2D eigenvalue weighted by atomic mass is 16.2. The second-order valence-electron chi connectivity index (χ2n) is 8.06. The van der Waals surface area contributed by atoms with Crippen molar-refractivity contribution in [2.45, 2.75) is 58.0 Å². The van der Waals surface area contributed by atoms with E-state index in [1.165, 1.54) is 5.56 Å². The molecule has 1 N–H and O–H groups in total. The Morgan fingerprint density at radius 1 is 1.16 bits per heavy atom. The van der Waals surface area contributed by atoms with Crippen LogP contribution in [0.2, 0.25) is 0 Å². The van der Waals surface area contributed by atoms with Crippen molar-refractivity contribution < 1.29 is 4.79 Å². The van der Waals surface area contributed by atoms with Gasteiger partial charge in [-0.15, -0.1) is 0 Å². The van der Waals surface area contributed by atoms with Gasteiger partial charge in [0.1, 0.15) is 12.0 Å². The van der Waals surface area contributed by atoms with Gasteiger partial charge in [0.15, 0.2) is 0 Å². The molecule has 132 valence electrons. The van der Waals surface area contributed by atoms with E-state index in [0.29, 0.717) is 6.42 Å². The van der Waals surface area contributed by atoms with Gasteiger partial charge in [0.2, 0.25) is 5.91 Å². The summed E-state index contributed by atoms with van der Waals surface area (Å²) in [5.41, 5.74) is 3.47. The number of amides is 1. The minimum absolute atomic E-state index is 0.0118. The summed E-state index contributed by atoms with van der Waals surface area (Å²) >= 11 is 0. The zero-order valence-corrected chi connectivity index (χ0v) is 15.2. The number of para-hydroxylation sites is 1. The van der Waals surface area contributed by atoms with Gasteiger partial charge in [-0.05, 0) is 31.4 Å². The maximum absolute atomic E-state index is 12.2. The molecule has 5 heteroatoms. The van der Waals surface area contributed by atoms with Crippen LogP contribution in [0.5, 0.6) is 0 Å². The van der Waals surface area contributed by atoms with Crippen LogP contribution >= 0.6 is 0 Å². The second kappa shape index (κ2) is 5.90. The smallest absolute Gasteiger partial charge is 0.224 e. The van der Waals surface area contributed by atoms with Gasteiger partial charge < -0.3 is 10.2 Å². The second-order valence-corrected chi connectivity index (χ2v) is 8.06. The minimum atomic E-state index is -0.0118. The van der Waals surface area contributed by atoms with Crippen molar-refractivity contribution in [2.75, 3.05) is 11.9 Å². The van der Waals surface area contributed by atoms with Crippen molar-refractivity contribution in [3.63, 3.8) is 0 Å². The monoisotopic (exact) mass is 338 g/mol. The van der Waals surface area contributed by atoms with Gasteiger partial charge in [-0.25, -0.2) is 4.68 Å². The van der Waals surface area contributed by atoms with Crippen molar-refractivity contribution in [2.24, 2.45) is 0 Å². The lowest BCUT2D eigenvalue weighted by atomic mass is 9.87. The van der Waals surface area contributed by atoms with Crippen LogP contribution in [0.15, 0.2) is 30.3 Å². The fourth-order valence-corrected chi connectivity index (χ4v) is 3.94. The molecule has 1 amide bonds. The number of nitrogens with one attached hydrogen (secondary N) is 1. The molecule has 1 saturated heterocycles. The summed E-state index contributed by atoms with van der Waals surface area (Å²) in [7, 11) is 0. The standard InChI is InChI=1S/C20H26N4O/c1-20(2,3)18-15-11-12-16(23-13-7-10-17(23)25)21-19(15)24(22-18)14-8-5-4-6-9-14/h4-6,8-9,16,21H,7,10-13H2,1-3H3. The van der Waals surface area contributed by atoms with Crippen LogP contribution in [0.3, 0.4) is 0 Å². The first kappa shape index (κ1) is 16.2. The molecule has 1 fully saturated rings. The lowest BCUT2D eigenvalue weighted by molar-refractivity contribution is -0.129. The van der Waals surface area contributed by atoms with E-state index >= 15 is 0 Å². The highest BCUT2D eigenvalue weighted by molar-refractivity contribution is 5.79. The summed E-state index contributed by atoms with van der Waals surface area (Å²) in [6.07, 6.45) is 3.62. The molecule has 1 aromatic heterocycles. The minimum Gasteiger partial charge on any atom is -0.350 e. The molecule has 3 heterocycles. The molecule has 0 bridgehead atoms. The van der Waals surface area contributed by atoms with Crippen molar-refractivity contribution in [1.82, 2.24) is 14.7 Å². The topological polar surface area (TPSA) is 50.2 Å². The maximum atomic E-state index is 12.2. The first-order valence-electron chi connectivity index (χ1n) is 9.19. The number of hydrogen-bond donors (Lipinski definition) is 1. The predicted molar refractivity (Wildman–Crippen MR) is 98.9 cm³/mol. The molecule has 0 spiro atoms. The molecule has 0 radical (unpaired) electrons. The highest BCUT2D eigenvalue weighted by Crippen LogP contribution is 2.37. The molecular weight excluding hydrogens is 312 g/mol. The van der Waals surface area contributed by atoms with Gasteiger partial charge in [-0.3, -0.25) is 4.79 Å². The molecule has 0 aliphatic carbocycles. The van der Waals surface area contributed by atoms with E-state index in [4.69, 9.17) is 5.10 Å². The van der Waals surface area contributed by atoms with Crippen LogP contribution in [0.25, 0.3) is 5.69 Å². The molecule has 2 aliphatic heterocycles. The largest absolute Gasteiger partial charge is 0.350 e. The molecule has 2 aromatic rings. The number of anilines is 1. The first-order valence-corrected chi connectivity index (χ1v) is 9.19. The van der Waals surface area contributed by atoms with E-state index in [9.17, 15) is 4.79 Å². The average Bonchev–Trinajstić information content (AvgIpc) is 3.18. The Morgan fingerprint density at radius 3 is 2.56 bits per heavy atom. The molecule has 4 rings (SSSR count). The molecule has 1 atom stereocenters. The number of benzene rings is 1. The summed E-state index contributed by atoms with van der Waals surface area (Å²) in [4.78, 5) is 14.2. The van der Waals surface area contributed by atoms with Gasteiger partial charge in [0, 0.05) is 23.9 Å². The first-order chi connectivity index (χ1) is 11.9. The number of carbonyl (C=O) groups is 1. The van der Waals surface area contributed by atoms with Crippen molar-refractivity contribution in [3.8, 4) is 5.69 Å². The lowest BCUT2D eigenvalue weighted by Gasteiger charge is -2.33. The summed E-state index contributed by atoms with van der Waals surface area (Å²) in [5.74, 6) is 1.31. The number of nitrogens with zero attached hydrogens (tertiary/aromatic N) is 3. The highest BCUT2D eigenvalue weighted by Gasteiger charge is 2.35. The van der Waals surface area contributed by atoms with Gasteiger partial charge in [0.25, 0.3) is 0 Å². The Balaban J connectivity index is 1.77. The van der Waals surface area contributed by atoms with Gasteiger partial charge in [0.05, 0.1) is 11.4 Å². The van der Waals surface area contributed by atoms with Crippen LogP contribution in [0.1, 0.15) is 51.3 Å². The predicted octanol–water partition coefficient (Wildman–Crippen LogP) is 3.48. The van der Waals surface area contributed by atoms with E-state index in [1.54, 1.807) is 0 Å². The number of aromatic nitrogens is 2. The lowest BCUT2D eigenvalue weighted by Crippen LogP contribution is -2.44. The number of hydrogen-bond acceptors (Lipinski definition) is 3. The number of fused-ring (bicyclic) bond motifs is 1. The number of carbonyl (C=O) groups excluding carboxylic acids is 1. The van der Waals surface area contributed by atoms with E-state index in [1.807, 2.05) is 27.8 Å². The molecule has 25 heavy (non-hydrogen) atoms. The summed E-state index contributed by atoms with van der Waals surface area (Å²) < 4.78 is 2.02. The normalized spacial score (nSPS) is 20.5. The number of rotatable bonds is 2. The molecular formula is C20H26N4O. The Morgan fingerprint density at radius 2 is 1.92 bits per heavy atom. The summed E-state index contributed by atoms with van der Waals surface area (Å²) in [6, 6.07) is 10.2. The zero-order valence-electron chi connectivity index (χ0n) is 15.2. The Hall–Kier alpha value is -2.30. The Labute approximate surface area is 149 Å². The van der Waals surface area contributed by atoms with Gasteiger partial charge in [-0.2, -0.15) is 5.10 Å². The SMILES string of the molecule is CC(C)(C)c1nn(-c2ccccc2)c2c1CCC(N1CCCC1=O)N2. The fourth-order valence-electron chi connectivity index (χ4n) is 3.94. The van der Waals surface area contributed by atoms with E-state index in [2.05, 4.69) is 38.2 Å². The third-order valence-corrected chi connectivity index (χ3v) is 5.15.